The van der Waals surface area contributed by atoms with Gasteiger partial charge in [-0.1, -0.05) is 17.2 Å². The molecule has 3 rings (SSSR count). The van der Waals surface area contributed by atoms with Crippen molar-refractivity contribution in [3.63, 3.8) is 0 Å². The quantitative estimate of drug-likeness (QED) is 0.617. The number of Topliss-reactive ketones (excluding diaryl/α,β-unsaturated/α-hetero) is 1. The summed E-state index contributed by atoms with van der Waals surface area (Å²) < 4.78 is 12.8. The van der Waals surface area contributed by atoms with Crippen LogP contribution in [-0.2, 0) is 9.63 Å². The molecule has 7 heteroatoms. The van der Waals surface area contributed by atoms with Crippen LogP contribution in [0.1, 0.15) is 43.9 Å². The molecule has 0 radical (unpaired) electrons. The Morgan fingerprint density at radius 3 is 2.00 bits per heavy atom. The highest BCUT2D eigenvalue weighted by Gasteiger charge is 2.38. The molecule has 126 valence electrons. The Hall–Kier alpha value is -3.35. The number of imide groups is 1. The Balaban J connectivity index is 1.58. The second-order valence-corrected chi connectivity index (χ2v) is 5.34. The molecule has 0 atom stereocenters. The highest BCUT2D eigenvalue weighted by Crippen LogP contribution is 2.23. The van der Waals surface area contributed by atoms with E-state index >= 15 is 0 Å². The van der Waals surface area contributed by atoms with Crippen LogP contribution >= 0.6 is 0 Å². The van der Waals surface area contributed by atoms with Gasteiger partial charge in [0.25, 0.3) is 11.8 Å². The SMILES string of the molecule is O=C(CCC(=O)c1ccc(F)cc1)ON1C(=O)c2ccccc2C1=O. The second kappa shape index (κ2) is 6.64. The topological polar surface area (TPSA) is 80.8 Å². The fraction of sp³-hybridized carbons (Fsp3) is 0.111. The van der Waals surface area contributed by atoms with Crippen LogP contribution < -0.4 is 0 Å². The zero-order valence-corrected chi connectivity index (χ0v) is 12.9. The summed E-state index contributed by atoms with van der Waals surface area (Å²) in [5.74, 6) is -3.18. The largest absolute Gasteiger partial charge is 0.333 e. The van der Waals surface area contributed by atoms with E-state index < -0.39 is 23.6 Å². The molecule has 0 aromatic heterocycles. The third-order valence-corrected chi connectivity index (χ3v) is 3.67. The highest BCUT2D eigenvalue weighted by atomic mass is 19.1. The van der Waals surface area contributed by atoms with E-state index in [1.807, 2.05) is 0 Å². The van der Waals surface area contributed by atoms with E-state index in [0.29, 0.717) is 5.06 Å². The zero-order chi connectivity index (χ0) is 18.0. The lowest BCUT2D eigenvalue weighted by molar-refractivity contribution is -0.168. The van der Waals surface area contributed by atoms with Crippen LogP contribution in [0.2, 0.25) is 0 Å². The van der Waals surface area contributed by atoms with E-state index in [9.17, 15) is 23.6 Å². The van der Waals surface area contributed by atoms with Crippen molar-refractivity contribution in [3.8, 4) is 0 Å². The van der Waals surface area contributed by atoms with E-state index in [4.69, 9.17) is 4.84 Å². The van der Waals surface area contributed by atoms with Crippen molar-refractivity contribution in [2.24, 2.45) is 0 Å². The lowest BCUT2D eigenvalue weighted by atomic mass is 10.1. The van der Waals surface area contributed by atoms with Crippen molar-refractivity contribution in [1.82, 2.24) is 5.06 Å². The number of benzene rings is 2. The summed E-state index contributed by atoms with van der Waals surface area (Å²) in [6, 6.07) is 11.0. The zero-order valence-electron chi connectivity index (χ0n) is 12.9. The van der Waals surface area contributed by atoms with Gasteiger partial charge in [0.15, 0.2) is 5.78 Å². The molecule has 0 N–H and O–H groups in total. The molecular formula is C18H12FNO5. The van der Waals surface area contributed by atoms with Crippen LogP contribution in [0.25, 0.3) is 0 Å². The molecule has 1 aliphatic heterocycles. The van der Waals surface area contributed by atoms with Gasteiger partial charge in [-0.05, 0) is 36.4 Å². The maximum atomic E-state index is 12.8. The number of halogens is 1. The summed E-state index contributed by atoms with van der Waals surface area (Å²) in [5, 5.41) is 0.398. The van der Waals surface area contributed by atoms with Crippen LogP contribution in [-0.4, -0.2) is 28.6 Å². The molecule has 2 aromatic rings. The van der Waals surface area contributed by atoms with Gasteiger partial charge in [-0.3, -0.25) is 14.4 Å². The predicted molar refractivity (Wildman–Crippen MR) is 83.0 cm³/mol. The number of nitrogens with zero attached hydrogens (tertiary/aromatic N) is 1. The van der Waals surface area contributed by atoms with Gasteiger partial charge in [-0.25, -0.2) is 9.18 Å². The molecule has 25 heavy (non-hydrogen) atoms. The summed E-state index contributed by atoms with van der Waals surface area (Å²) in [4.78, 5) is 52.7. The van der Waals surface area contributed by atoms with Crippen molar-refractivity contribution in [1.29, 1.82) is 0 Å². The average molecular weight is 341 g/mol. The number of amides is 2. The minimum absolute atomic E-state index is 0.155. The Morgan fingerprint density at radius 2 is 1.44 bits per heavy atom. The molecular weight excluding hydrogens is 329 g/mol. The van der Waals surface area contributed by atoms with Crippen molar-refractivity contribution in [2.75, 3.05) is 0 Å². The van der Waals surface area contributed by atoms with Gasteiger partial charge in [-0.15, -0.1) is 0 Å². The number of fused-ring (bicyclic) bond motifs is 1. The molecule has 2 aromatic carbocycles. The first-order chi connectivity index (χ1) is 12.0. The Kier molecular flexibility index (Phi) is 4.38. The second-order valence-electron chi connectivity index (χ2n) is 5.34. The summed E-state index contributed by atoms with van der Waals surface area (Å²) in [5.41, 5.74) is 0.570. The first kappa shape index (κ1) is 16.5. The van der Waals surface area contributed by atoms with E-state index in [-0.39, 0.29) is 35.3 Å². The van der Waals surface area contributed by atoms with Crippen LogP contribution in [0.4, 0.5) is 4.39 Å². The number of ketones is 1. The fourth-order valence-corrected chi connectivity index (χ4v) is 2.39. The molecule has 1 aliphatic rings. The van der Waals surface area contributed by atoms with Gasteiger partial charge in [0.2, 0.25) is 0 Å². The molecule has 0 spiro atoms. The molecule has 0 saturated carbocycles. The van der Waals surface area contributed by atoms with Gasteiger partial charge in [0.05, 0.1) is 17.5 Å². The Bertz CT molecular complexity index is 840. The first-order valence-electron chi connectivity index (χ1n) is 7.45. The lowest BCUT2D eigenvalue weighted by Crippen LogP contribution is -2.32. The number of hydrogen-bond acceptors (Lipinski definition) is 5. The predicted octanol–water partition coefficient (Wildman–Crippen LogP) is 2.54. The third kappa shape index (κ3) is 3.30. The molecule has 6 nitrogen and oxygen atoms in total. The number of hydrogen-bond donors (Lipinski definition) is 0. The number of rotatable bonds is 5. The number of carbonyl (C=O) groups is 4. The van der Waals surface area contributed by atoms with E-state index in [2.05, 4.69) is 0 Å². The van der Waals surface area contributed by atoms with Crippen LogP contribution in [0.5, 0.6) is 0 Å². The summed E-state index contributed by atoms with van der Waals surface area (Å²) in [7, 11) is 0. The third-order valence-electron chi connectivity index (χ3n) is 3.67. The van der Waals surface area contributed by atoms with E-state index in [1.165, 1.54) is 24.3 Å². The van der Waals surface area contributed by atoms with Gasteiger partial charge in [0.1, 0.15) is 5.82 Å². The average Bonchev–Trinajstić information content (AvgIpc) is 2.86. The summed E-state index contributed by atoms with van der Waals surface area (Å²) in [6.07, 6.45) is -0.503. The molecule has 0 fully saturated rings. The maximum absolute atomic E-state index is 12.8. The maximum Gasteiger partial charge on any atom is 0.333 e. The number of carbonyl (C=O) groups excluding carboxylic acids is 4. The normalized spacial score (nSPS) is 12.9. The van der Waals surface area contributed by atoms with Crippen molar-refractivity contribution >= 4 is 23.6 Å². The van der Waals surface area contributed by atoms with E-state index in [1.54, 1.807) is 12.1 Å². The minimum Gasteiger partial charge on any atom is -0.330 e. The number of hydroxylamine groups is 2. The molecule has 0 unspecified atom stereocenters. The lowest BCUT2D eigenvalue weighted by Gasteiger charge is -2.12. The van der Waals surface area contributed by atoms with Gasteiger partial charge >= 0.3 is 5.97 Å². The summed E-state index contributed by atoms with van der Waals surface area (Å²) >= 11 is 0. The van der Waals surface area contributed by atoms with Crippen molar-refractivity contribution in [2.45, 2.75) is 12.8 Å². The molecule has 0 aliphatic carbocycles. The fourth-order valence-electron chi connectivity index (χ4n) is 2.39. The minimum atomic E-state index is -0.884. The highest BCUT2D eigenvalue weighted by molar-refractivity contribution is 6.20. The van der Waals surface area contributed by atoms with Crippen molar-refractivity contribution < 1.29 is 28.4 Å². The Morgan fingerprint density at radius 1 is 0.880 bits per heavy atom. The van der Waals surface area contributed by atoms with Gasteiger partial charge in [-0.2, -0.15) is 0 Å². The first-order valence-corrected chi connectivity index (χ1v) is 7.45. The summed E-state index contributed by atoms with van der Waals surface area (Å²) in [6.45, 7) is 0. The van der Waals surface area contributed by atoms with E-state index in [0.717, 1.165) is 12.1 Å². The van der Waals surface area contributed by atoms with Crippen molar-refractivity contribution in [3.05, 3.63) is 71.0 Å². The molecule has 2 amide bonds. The van der Waals surface area contributed by atoms with Gasteiger partial charge in [0, 0.05) is 12.0 Å². The van der Waals surface area contributed by atoms with Crippen LogP contribution in [0.15, 0.2) is 48.5 Å². The molecule has 0 bridgehead atoms. The van der Waals surface area contributed by atoms with Crippen LogP contribution in [0.3, 0.4) is 0 Å². The van der Waals surface area contributed by atoms with Crippen LogP contribution in [0, 0.1) is 5.82 Å². The molecule has 0 saturated heterocycles. The standard InChI is InChI=1S/C18H12FNO5/c19-12-7-5-11(6-8-12)15(21)9-10-16(22)25-20-17(23)13-3-1-2-4-14(13)18(20)24/h1-8H,9-10H2. The smallest absolute Gasteiger partial charge is 0.330 e. The molecule has 1 heterocycles. The Labute approximate surface area is 141 Å². The van der Waals surface area contributed by atoms with Gasteiger partial charge < -0.3 is 4.84 Å². The monoisotopic (exact) mass is 341 g/mol.